The first-order valence-electron chi connectivity index (χ1n) is 8.59. The van der Waals surface area contributed by atoms with E-state index in [4.69, 9.17) is 9.47 Å². The van der Waals surface area contributed by atoms with Gasteiger partial charge in [0.25, 0.3) is 5.91 Å². The molecule has 0 spiro atoms. The number of ether oxygens (including phenoxy) is 2. The van der Waals surface area contributed by atoms with Crippen molar-refractivity contribution in [3.05, 3.63) is 78.1 Å². The van der Waals surface area contributed by atoms with Gasteiger partial charge in [-0.25, -0.2) is 4.39 Å². The van der Waals surface area contributed by atoms with Crippen molar-refractivity contribution in [3.63, 3.8) is 0 Å². The summed E-state index contributed by atoms with van der Waals surface area (Å²) in [6, 6.07) is 17.8. The Balaban J connectivity index is 1.88. The highest BCUT2D eigenvalue weighted by atomic mass is 19.1. The summed E-state index contributed by atoms with van der Waals surface area (Å²) in [7, 11) is 3.11. The number of hydrogen-bond acceptors (Lipinski definition) is 4. The maximum atomic E-state index is 13.1. The van der Waals surface area contributed by atoms with E-state index in [1.54, 1.807) is 38.5 Å². The van der Waals surface area contributed by atoms with E-state index in [0.717, 1.165) is 11.1 Å². The maximum absolute atomic E-state index is 13.1. The number of carbonyl (C=O) groups excluding carboxylic acids is 1. The normalized spacial score (nSPS) is 11.6. The van der Waals surface area contributed by atoms with E-state index >= 15 is 0 Å². The lowest BCUT2D eigenvalue weighted by molar-refractivity contribution is -0.124. The van der Waals surface area contributed by atoms with Crippen LogP contribution in [0.2, 0.25) is 0 Å². The third kappa shape index (κ3) is 4.13. The Kier molecular flexibility index (Phi) is 5.91. The molecule has 0 fully saturated rings. The largest absolute Gasteiger partial charge is 0.493 e. The molecule has 28 heavy (non-hydrogen) atoms. The Morgan fingerprint density at radius 1 is 0.964 bits per heavy atom. The molecule has 0 aliphatic heterocycles. The van der Waals surface area contributed by atoms with Crippen molar-refractivity contribution in [1.82, 2.24) is 0 Å². The third-order valence-corrected chi connectivity index (χ3v) is 4.31. The van der Waals surface area contributed by atoms with Crippen LogP contribution < -0.4 is 14.8 Å². The van der Waals surface area contributed by atoms with E-state index in [1.165, 1.54) is 24.3 Å². The van der Waals surface area contributed by atoms with Crippen LogP contribution in [0.25, 0.3) is 11.1 Å². The highest BCUT2D eigenvalue weighted by molar-refractivity contribution is 5.98. The van der Waals surface area contributed by atoms with Gasteiger partial charge in [0.15, 0.2) is 17.6 Å². The lowest BCUT2D eigenvalue weighted by atomic mass is 10.0. The first-order chi connectivity index (χ1) is 13.5. The molecule has 0 bridgehead atoms. The Morgan fingerprint density at radius 3 is 2.32 bits per heavy atom. The Bertz CT molecular complexity index is 973. The topological polar surface area (TPSA) is 67.8 Å². The van der Waals surface area contributed by atoms with Gasteiger partial charge in [-0.05, 0) is 41.5 Å². The number of rotatable bonds is 6. The molecule has 0 radical (unpaired) electrons. The molecule has 3 rings (SSSR count). The van der Waals surface area contributed by atoms with Gasteiger partial charge in [0, 0.05) is 11.3 Å². The van der Waals surface area contributed by atoms with Crippen molar-refractivity contribution in [2.24, 2.45) is 0 Å². The lowest BCUT2D eigenvalue weighted by Crippen LogP contribution is -2.21. The summed E-state index contributed by atoms with van der Waals surface area (Å²) < 4.78 is 23.7. The van der Waals surface area contributed by atoms with Crippen molar-refractivity contribution in [2.75, 3.05) is 19.5 Å². The van der Waals surface area contributed by atoms with E-state index in [1.807, 2.05) is 18.2 Å². The van der Waals surface area contributed by atoms with Crippen LogP contribution in [0.5, 0.6) is 11.5 Å². The number of carbonyl (C=O) groups is 1. The molecule has 1 amide bonds. The number of hydrogen-bond donors (Lipinski definition) is 2. The summed E-state index contributed by atoms with van der Waals surface area (Å²) in [4.78, 5) is 12.5. The molecule has 3 aromatic carbocycles. The molecule has 0 saturated carbocycles. The van der Waals surface area contributed by atoms with Crippen LogP contribution in [0, 0.1) is 5.82 Å². The highest BCUT2D eigenvalue weighted by Crippen LogP contribution is 2.35. The first-order valence-corrected chi connectivity index (χ1v) is 8.59. The van der Waals surface area contributed by atoms with Crippen LogP contribution in [0.4, 0.5) is 10.1 Å². The van der Waals surface area contributed by atoms with Crippen LogP contribution in [0.3, 0.4) is 0 Å². The summed E-state index contributed by atoms with van der Waals surface area (Å²) in [6.07, 6.45) is -1.42. The third-order valence-electron chi connectivity index (χ3n) is 4.31. The standard InChI is InChI=1S/C22H20FNO4/c1-27-19-12-9-15(13-20(19)28-2)17-5-3-4-6-18(17)24-22(26)21(25)14-7-10-16(23)11-8-14/h3-13,21,25H,1-2H3,(H,24,26). The first kappa shape index (κ1) is 19.4. The van der Waals surface area contributed by atoms with E-state index in [0.29, 0.717) is 22.7 Å². The van der Waals surface area contributed by atoms with Gasteiger partial charge in [-0.2, -0.15) is 0 Å². The lowest BCUT2D eigenvalue weighted by Gasteiger charge is -2.16. The van der Waals surface area contributed by atoms with Gasteiger partial charge >= 0.3 is 0 Å². The molecule has 0 aromatic heterocycles. The van der Waals surface area contributed by atoms with Crippen LogP contribution >= 0.6 is 0 Å². The summed E-state index contributed by atoms with van der Waals surface area (Å²) >= 11 is 0. The quantitative estimate of drug-likeness (QED) is 0.672. The Morgan fingerprint density at radius 2 is 1.64 bits per heavy atom. The highest BCUT2D eigenvalue weighted by Gasteiger charge is 2.19. The van der Waals surface area contributed by atoms with Gasteiger partial charge in [0.05, 0.1) is 14.2 Å². The molecular formula is C22H20FNO4. The molecule has 0 aliphatic rings. The number of amides is 1. The molecule has 0 saturated heterocycles. The fourth-order valence-electron chi connectivity index (χ4n) is 2.85. The van der Waals surface area contributed by atoms with Gasteiger partial charge in [0.1, 0.15) is 5.82 Å². The zero-order chi connectivity index (χ0) is 20.1. The van der Waals surface area contributed by atoms with Crippen LogP contribution in [0.15, 0.2) is 66.7 Å². The van der Waals surface area contributed by atoms with Crippen molar-refractivity contribution in [1.29, 1.82) is 0 Å². The van der Waals surface area contributed by atoms with Gasteiger partial charge in [-0.15, -0.1) is 0 Å². The number of aliphatic hydroxyl groups is 1. The minimum absolute atomic E-state index is 0.308. The number of aliphatic hydroxyl groups excluding tert-OH is 1. The molecule has 1 atom stereocenters. The average Bonchev–Trinajstić information content (AvgIpc) is 2.73. The van der Waals surface area contributed by atoms with E-state index in [2.05, 4.69) is 5.32 Å². The molecule has 5 nitrogen and oxygen atoms in total. The summed E-state index contributed by atoms with van der Waals surface area (Å²) in [5, 5.41) is 13.0. The van der Waals surface area contributed by atoms with E-state index < -0.39 is 17.8 Å². The molecule has 144 valence electrons. The average molecular weight is 381 g/mol. The zero-order valence-electron chi connectivity index (χ0n) is 15.5. The minimum Gasteiger partial charge on any atom is -0.493 e. The fraction of sp³-hybridized carbons (Fsp3) is 0.136. The Hall–Kier alpha value is -3.38. The van der Waals surface area contributed by atoms with Crippen LogP contribution in [-0.4, -0.2) is 25.2 Å². The number of halogens is 1. The number of para-hydroxylation sites is 1. The smallest absolute Gasteiger partial charge is 0.257 e. The second kappa shape index (κ2) is 8.54. The molecule has 1 unspecified atom stereocenters. The molecule has 0 aliphatic carbocycles. The Labute approximate surface area is 162 Å². The summed E-state index contributed by atoms with van der Waals surface area (Å²) in [5.41, 5.74) is 2.40. The number of benzene rings is 3. The van der Waals surface area contributed by atoms with Crippen LogP contribution in [0.1, 0.15) is 11.7 Å². The fourth-order valence-corrected chi connectivity index (χ4v) is 2.85. The molecule has 6 heteroatoms. The van der Waals surface area contributed by atoms with Crippen LogP contribution in [-0.2, 0) is 4.79 Å². The van der Waals surface area contributed by atoms with Crippen molar-refractivity contribution >= 4 is 11.6 Å². The van der Waals surface area contributed by atoms with Crippen molar-refractivity contribution in [3.8, 4) is 22.6 Å². The predicted octanol–water partition coefficient (Wildman–Crippen LogP) is 4.18. The second-order valence-electron chi connectivity index (χ2n) is 6.06. The predicted molar refractivity (Wildman–Crippen MR) is 105 cm³/mol. The summed E-state index contributed by atoms with van der Waals surface area (Å²) in [6.45, 7) is 0. The number of methoxy groups -OCH3 is 2. The molecular weight excluding hydrogens is 361 g/mol. The monoisotopic (exact) mass is 381 g/mol. The van der Waals surface area contributed by atoms with Gasteiger partial charge < -0.3 is 19.9 Å². The van der Waals surface area contributed by atoms with Crippen molar-refractivity contribution in [2.45, 2.75) is 6.10 Å². The second-order valence-corrected chi connectivity index (χ2v) is 6.06. The number of nitrogens with one attached hydrogen (secondary N) is 1. The molecule has 0 heterocycles. The molecule has 2 N–H and O–H groups in total. The van der Waals surface area contributed by atoms with Gasteiger partial charge in [-0.3, -0.25) is 4.79 Å². The van der Waals surface area contributed by atoms with Gasteiger partial charge in [0.2, 0.25) is 0 Å². The number of anilines is 1. The van der Waals surface area contributed by atoms with E-state index in [-0.39, 0.29) is 0 Å². The SMILES string of the molecule is COc1ccc(-c2ccccc2NC(=O)C(O)c2ccc(F)cc2)cc1OC. The maximum Gasteiger partial charge on any atom is 0.257 e. The minimum atomic E-state index is -1.42. The zero-order valence-corrected chi connectivity index (χ0v) is 15.5. The van der Waals surface area contributed by atoms with E-state index in [9.17, 15) is 14.3 Å². The van der Waals surface area contributed by atoms with Crippen molar-refractivity contribution < 1.29 is 23.8 Å². The van der Waals surface area contributed by atoms with Gasteiger partial charge in [-0.1, -0.05) is 36.4 Å². The summed E-state index contributed by atoms with van der Waals surface area (Å²) in [5.74, 6) is 0.113. The molecule has 3 aromatic rings.